The summed E-state index contributed by atoms with van der Waals surface area (Å²) < 4.78 is 22.8. The Balaban J connectivity index is 0. The third-order valence-corrected chi connectivity index (χ3v) is 0.135. The Morgan fingerprint density at radius 1 is 1.44 bits per heavy atom. The fourth-order valence-electron chi connectivity index (χ4n) is 0. The maximum atomic E-state index is 9.12. The van der Waals surface area contributed by atoms with E-state index in [1.165, 1.54) is 0 Å². The van der Waals surface area contributed by atoms with E-state index in [-0.39, 0.29) is 0 Å². The van der Waals surface area contributed by atoms with Crippen LogP contribution in [0.4, 0.5) is 0 Å². The topological polar surface area (TPSA) is 115 Å². The van der Waals surface area contributed by atoms with Crippen LogP contribution in [0.2, 0.25) is 0 Å². The summed E-state index contributed by atoms with van der Waals surface area (Å²) in [7, 11) is 0. The van der Waals surface area contributed by atoms with Gasteiger partial charge in [-0.2, -0.15) is 4.21 Å². The molecule has 0 rings (SSSR count). The molecule has 0 atom stereocenters. The summed E-state index contributed by atoms with van der Waals surface area (Å²) in [4.78, 5) is 9.12. The average molecular weight is 158 g/mol. The van der Waals surface area contributed by atoms with Crippen LogP contribution in [0.25, 0.3) is 0 Å². The number of rotatable bonds is 1. The minimum atomic E-state index is -2.61. The van der Waals surface area contributed by atoms with Gasteiger partial charge in [0.05, 0.1) is 0 Å². The predicted octanol–water partition coefficient (Wildman–Crippen LogP) is -1.26. The molecular formula is C2H6O6S. The van der Waals surface area contributed by atoms with Crippen LogP contribution in [0.5, 0.6) is 0 Å². The number of carboxylic acid groups (broad SMARTS) is 1. The lowest BCUT2D eigenvalue weighted by Gasteiger charge is -1.72. The molecule has 0 fully saturated rings. The van der Waals surface area contributed by atoms with Crippen LogP contribution >= 0.6 is 0 Å². The summed E-state index contributed by atoms with van der Waals surface area (Å²) in [5.41, 5.74) is 0. The van der Waals surface area contributed by atoms with E-state index >= 15 is 0 Å². The molecule has 0 spiro atoms. The van der Waals surface area contributed by atoms with Crippen LogP contribution in [0, 0.1) is 0 Å². The maximum Gasteiger partial charge on any atom is 0.329 e. The van der Waals surface area contributed by atoms with Gasteiger partial charge in [-0.25, -0.2) is 4.79 Å². The van der Waals surface area contributed by atoms with Crippen molar-refractivity contribution < 1.29 is 28.3 Å². The predicted molar refractivity (Wildman–Crippen MR) is 28.1 cm³/mol. The molecule has 0 saturated carbocycles. The van der Waals surface area contributed by atoms with Gasteiger partial charge in [-0.15, -0.1) is 0 Å². The van der Waals surface area contributed by atoms with Crippen molar-refractivity contribution in [3.8, 4) is 0 Å². The van der Waals surface area contributed by atoms with Crippen LogP contribution < -0.4 is 0 Å². The molecule has 0 saturated heterocycles. The molecule has 0 aromatic heterocycles. The molecule has 0 aliphatic heterocycles. The van der Waals surface area contributed by atoms with Crippen molar-refractivity contribution in [3.63, 3.8) is 0 Å². The van der Waals surface area contributed by atoms with Crippen molar-refractivity contribution in [1.82, 2.24) is 0 Å². The van der Waals surface area contributed by atoms with Gasteiger partial charge in [0.2, 0.25) is 0 Å². The molecule has 0 bridgehead atoms. The molecule has 9 heavy (non-hydrogen) atoms. The van der Waals surface area contributed by atoms with Gasteiger partial charge < -0.3 is 10.2 Å². The lowest BCUT2D eigenvalue weighted by molar-refractivity contribution is -0.140. The molecule has 56 valence electrons. The summed E-state index contributed by atoms with van der Waals surface area (Å²) in [6.07, 6.45) is 0. The van der Waals surface area contributed by atoms with Crippen LogP contribution in [-0.2, 0) is 16.2 Å². The first-order valence-electron chi connectivity index (χ1n) is 1.63. The highest BCUT2D eigenvalue weighted by Gasteiger charge is 1.82. The molecule has 4 N–H and O–H groups in total. The largest absolute Gasteiger partial charge is 0.480 e. The molecule has 0 amide bonds. The van der Waals surface area contributed by atoms with Crippen molar-refractivity contribution in [2.45, 2.75) is 0 Å². The Bertz CT molecular complexity index is 95.2. The molecule has 0 aromatic carbocycles. The molecule has 7 heteroatoms. The number of carboxylic acids is 1. The molecule has 0 aliphatic rings. The van der Waals surface area contributed by atoms with Gasteiger partial charge in [-0.05, 0) is 0 Å². The lowest BCUT2D eigenvalue weighted by Crippen LogP contribution is -1.98. The second kappa shape index (κ2) is 7.50. The van der Waals surface area contributed by atoms with Gasteiger partial charge in [0.25, 0.3) is 11.4 Å². The van der Waals surface area contributed by atoms with Crippen LogP contribution in [0.3, 0.4) is 0 Å². The van der Waals surface area contributed by atoms with E-state index in [0.29, 0.717) is 0 Å². The molecule has 0 aliphatic carbocycles. The number of carbonyl (C=O) groups is 1. The second-order valence-electron chi connectivity index (χ2n) is 0.783. The molecule has 0 unspecified atom stereocenters. The number of hydrogen-bond donors (Lipinski definition) is 4. The maximum absolute atomic E-state index is 9.12. The minimum absolute atomic E-state index is 0.778. The molecule has 0 heterocycles. The molecule has 0 radical (unpaired) electrons. The third kappa shape index (κ3) is 101. The standard InChI is InChI=1S/C2H4O3.H2O3S/c3-1-2(4)5;1-4(2)3/h3H,1H2,(H,4,5);(H2,1,2,3). The van der Waals surface area contributed by atoms with E-state index in [9.17, 15) is 0 Å². The quantitative estimate of drug-likeness (QED) is 0.354. The Kier molecular flexibility index (Phi) is 9.43. The number of hydrogen-bond acceptors (Lipinski definition) is 3. The summed E-state index contributed by atoms with van der Waals surface area (Å²) in [6, 6.07) is 0. The lowest BCUT2D eigenvalue weighted by atomic mass is 10.8. The van der Waals surface area contributed by atoms with Crippen LogP contribution in [0.1, 0.15) is 0 Å². The van der Waals surface area contributed by atoms with Crippen LogP contribution in [-0.4, -0.2) is 36.1 Å². The van der Waals surface area contributed by atoms with E-state index in [0.717, 1.165) is 0 Å². The normalized spacial score (nSPS) is 8.00. The van der Waals surface area contributed by atoms with E-state index < -0.39 is 23.9 Å². The highest BCUT2D eigenvalue weighted by Crippen LogP contribution is 1.48. The second-order valence-corrected chi connectivity index (χ2v) is 1.24. The first-order valence-corrected chi connectivity index (χ1v) is 2.69. The van der Waals surface area contributed by atoms with Crippen molar-refractivity contribution in [2.75, 3.05) is 6.61 Å². The smallest absolute Gasteiger partial charge is 0.329 e. The zero-order chi connectivity index (χ0) is 7.86. The zero-order valence-corrected chi connectivity index (χ0v) is 5.04. The summed E-state index contributed by atoms with van der Waals surface area (Å²) in [5.74, 6) is -1.19. The van der Waals surface area contributed by atoms with Gasteiger partial charge in [-0.3, -0.25) is 9.11 Å². The van der Waals surface area contributed by atoms with E-state index in [2.05, 4.69) is 0 Å². The molecule has 6 nitrogen and oxygen atoms in total. The first-order chi connectivity index (χ1) is 4.00. The summed E-state index contributed by atoms with van der Waals surface area (Å²) >= 11 is -2.61. The van der Waals surface area contributed by atoms with E-state index in [1.807, 2.05) is 0 Å². The van der Waals surface area contributed by atoms with Crippen molar-refractivity contribution >= 4 is 17.3 Å². The Morgan fingerprint density at radius 2 is 1.56 bits per heavy atom. The highest BCUT2D eigenvalue weighted by molar-refractivity contribution is 7.73. The Hall–Kier alpha value is -0.500. The number of aliphatic hydroxyl groups excluding tert-OH is 1. The fourth-order valence-corrected chi connectivity index (χ4v) is 0. The minimum Gasteiger partial charge on any atom is -0.480 e. The van der Waals surface area contributed by atoms with Gasteiger partial charge in [0, 0.05) is 0 Å². The van der Waals surface area contributed by atoms with Gasteiger partial charge in [-0.1, -0.05) is 0 Å². The van der Waals surface area contributed by atoms with Gasteiger partial charge in [0.1, 0.15) is 6.61 Å². The van der Waals surface area contributed by atoms with Crippen molar-refractivity contribution in [2.24, 2.45) is 0 Å². The number of aliphatic hydroxyl groups is 1. The van der Waals surface area contributed by atoms with Crippen LogP contribution in [0.15, 0.2) is 0 Å². The number of aliphatic carboxylic acids is 1. The average Bonchev–Trinajstić information content (AvgIpc) is 1.65. The first kappa shape index (κ1) is 11.3. The zero-order valence-electron chi connectivity index (χ0n) is 4.22. The fraction of sp³-hybridized carbons (Fsp3) is 0.500. The molecule has 0 aromatic rings. The Labute approximate surface area is 53.2 Å². The van der Waals surface area contributed by atoms with Crippen molar-refractivity contribution in [1.29, 1.82) is 0 Å². The van der Waals surface area contributed by atoms with E-state index in [4.69, 9.17) is 28.3 Å². The SMILES string of the molecule is O=C(O)CO.O=S(O)O. The monoisotopic (exact) mass is 158 g/mol. The van der Waals surface area contributed by atoms with E-state index in [1.54, 1.807) is 0 Å². The van der Waals surface area contributed by atoms with Gasteiger partial charge >= 0.3 is 5.97 Å². The van der Waals surface area contributed by atoms with Crippen molar-refractivity contribution in [3.05, 3.63) is 0 Å². The molecular weight excluding hydrogens is 152 g/mol. The highest BCUT2D eigenvalue weighted by atomic mass is 32.2. The summed E-state index contributed by atoms with van der Waals surface area (Å²) in [5, 5.41) is 15.0. The Morgan fingerprint density at radius 3 is 1.56 bits per heavy atom. The third-order valence-electron chi connectivity index (χ3n) is 0.135. The van der Waals surface area contributed by atoms with Gasteiger partial charge in [0.15, 0.2) is 0 Å². The summed E-state index contributed by atoms with van der Waals surface area (Å²) in [6.45, 7) is -0.778.